The van der Waals surface area contributed by atoms with Crippen LogP contribution in [0, 0.1) is 6.92 Å². The van der Waals surface area contributed by atoms with Crippen LogP contribution in [0.25, 0.3) is 5.76 Å². The zero-order chi connectivity index (χ0) is 25.9. The minimum absolute atomic E-state index is 0.00419. The summed E-state index contributed by atoms with van der Waals surface area (Å²) in [4.78, 5) is 29.8. The Balaban J connectivity index is 2.12. The van der Waals surface area contributed by atoms with Gasteiger partial charge in [0, 0.05) is 12.1 Å². The molecule has 8 nitrogen and oxygen atoms in total. The van der Waals surface area contributed by atoms with E-state index in [4.69, 9.17) is 9.47 Å². The van der Waals surface area contributed by atoms with Gasteiger partial charge < -0.3 is 29.5 Å². The maximum absolute atomic E-state index is 13.2. The van der Waals surface area contributed by atoms with Crippen molar-refractivity contribution in [1.82, 2.24) is 9.80 Å². The summed E-state index contributed by atoms with van der Waals surface area (Å²) in [5.41, 5.74) is 1.78. The highest BCUT2D eigenvalue weighted by molar-refractivity contribution is 6.46. The number of nitrogens with zero attached hydrogens (tertiary/aromatic N) is 2. The topological polar surface area (TPSA) is 99.5 Å². The number of aliphatic hydroxyl groups is 1. The van der Waals surface area contributed by atoms with E-state index in [1.165, 1.54) is 18.1 Å². The summed E-state index contributed by atoms with van der Waals surface area (Å²) in [5.74, 6) is -0.830. The third kappa shape index (κ3) is 5.59. The van der Waals surface area contributed by atoms with Crippen molar-refractivity contribution >= 4 is 17.4 Å². The van der Waals surface area contributed by atoms with Crippen LogP contribution in [0.5, 0.6) is 17.2 Å². The molecule has 35 heavy (non-hydrogen) atoms. The van der Waals surface area contributed by atoms with Crippen molar-refractivity contribution in [3.05, 3.63) is 58.7 Å². The number of carbonyl (C=O) groups excluding carboxylic acids is 2. The van der Waals surface area contributed by atoms with Gasteiger partial charge in [0.1, 0.15) is 11.5 Å². The fourth-order valence-electron chi connectivity index (χ4n) is 4.22. The molecule has 0 aromatic heterocycles. The minimum Gasteiger partial charge on any atom is -0.507 e. The van der Waals surface area contributed by atoms with Crippen molar-refractivity contribution < 1.29 is 29.3 Å². The number of methoxy groups -OCH3 is 1. The minimum atomic E-state index is -0.821. The van der Waals surface area contributed by atoms with Crippen LogP contribution in [0.15, 0.2) is 42.0 Å². The molecule has 2 aromatic rings. The fourth-order valence-corrected chi connectivity index (χ4v) is 4.22. The van der Waals surface area contributed by atoms with E-state index >= 15 is 0 Å². The van der Waals surface area contributed by atoms with Crippen LogP contribution in [0.3, 0.4) is 0 Å². The largest absolute Gasteiger partial charge is 0.507 e. The number of ketones is 1. The maximum Gasteiger partial charge on any atom is 0.295 e. The predicted octanol–water partition coefficient (Wildman–Crippen LogP) is 3.87. The molecule has 188 valence electrons. The number of benzene rings is 2. The molecule has 2 N–H and O–H groups in total. The molecule has 0 bridgehead atoms. The van der Waals surface area contributed by atoms with Gasteiger partial charge in [-0.25, -0.2) is 0 Å². The van der Waals surface area contributed by atoms with Crippen molar-refractivity contribution in [3.63, 3.8) is 0 Å². The number of aliphatic hydroxyl groups excluding tert-OH is 1. The Kier molecular flexibility index (Phi) is 8.07. The highest BCUT2D eigenvalue weighted by Crippen LogP contribution is 2.42. The Morgan fingerprint density at radius 3 is 2.43 bits per heavy atom. The van der Waals surface area contributed by atoms with Gasteiger partial charge in [-0.15, -0.1) is 0 Å². The van der Waals surface area contributed by atoms with Crippen molar-refractivity contribution in [2.45, 2.75) is 39.3 Å². The Labute approximate surface area is 206 Å². The molecule has 1 saturated heterocycles. The van der Waals surface area contributed by atoms with E-state index in [0.717, 1.165) is 12.1 Å². The molecular weight excluding hydrogens is 448 g/mol. The first-order valence-electron chi connectivity index (χ1n) is 11.6. The summed E-state index contributed by atoms with van der Waals surface area (Å²) in [6, 6.07) is 9.01. The highest BCUT2D eigenvalue weighted by atomic mass is 16.5. The molecule has 1 aliphatic rings. The number of aryl methyl sites for hydroxylation is 1. The number of likely N-dealkylation sites (tertiary alicyclic amines) is 1. The zero-order valence-corrected chi connectivity index (χ0v) is 21.2. The van der Waals surface area contributed by atoms with E-state index < -0.39 is 17.7 Å². The van der Waals surface area contributed by atoms with E-state index in [9.17, 15) is 19.8 Å². The molecule has 2 aromatic carbocycles. The second-order valence-electron chi connectivity index (χ2n) is 9.23. The summed E-state index contributed by atoms with van der Waals surface area (Å²) in [5, 5.41) is 21.4. The number of phenolic OH excluding ortho intramolecular Hbond substituents is 1. The Morgan fingerprint density at radius 2 is 1.83 bits per heavy atom. The Bertz CT molecular complexity index is 1140. The Morgan fingerprint density at radius 1 is 1.11 bits per heavy atom. The molecule has 0 unspecified atom stereocenters. The molecule has 0 saturated carbocycles. The molecule has 1 aliphatic heterocycles. The number of ether oxygens (including phenoxy) is 2. The number of Topliss-reactive ketones (excluding diaryl/α,β-unsaturated/α-hetero) is 1. The van der Waals surface area contributed by atoms with Gasteiger partial charge in [-0.1, -0.05) is 6.07 Å². The van der Waals surface area contributed by atoms with Crippen molar-refractivity contribution in [3.8, 4) is 17.2 Å². The van der Waals surface area contributed by atoms with Gasteiger partial charge in [0.15, 0.2) is 11.5 Å². The molecule has 3 rings (SSSR count). The van der Waals surface area contributed by atoms with Gasteiger partial charge in [-0.05, 0) is 89.3 Å². The second kappa shape index (κ2) is 10.8. The first kappa shape index (κ1) is 26.1. The lowest BCUT2D eigenvalue weighted by Crippen LogP contribution is -2.32. The van der Waals surface area contributed by atoms with E-state index in [0.29, 0.717) is 29.8 Å². The average molecular weight is 483 g/mol. The first-order chi connectivity index (χ1) is 16.5. The molecular formula is C27H34N2O6. The summed E-state index contributed by atoms with van der Waals surface area (Å²) < 4.78 is 11.0. The van der Waals surface area contributed by atoms with Crippen molar-refractivity contribution in [2.24, 2.45) is 0 Å². The number of hydrogen-bond donors (Lipinski definition) is 2. The monoisotopic (exact) mass is 482 g/mol. The third-order valence-electron chi connectivity index (χ3n) is 5.87. The van der Waals surface area contributed by atoms with E-state index in [1.54, 1.807) is 30.3 Å². The Hall–Kier alpha value is -3.52. The molecule has 0 spiro atoms. The van der Waals surface area contributed by atoms with Gasteiger partial charge in [0.25, 0.3) is 11.7 Å². The summed E-state index contributed by atoms with van der Waals surface area (Å²) in [6.45, 7) is 6.77. The van der Waals surface area contributed by atoms with Crippen LogP contribution in [-0.4, -0.2) is 72.1 Å². The normalized spacial score (nSPS) is 17.5. The van der Waals surface area contributed by atoms with Crippen LogP contribution >= 0.6 is 0 Å². The van der Waals surface area contributed by atoms with Crippen molar-refractivity contribution in [2.75, 3.05) is 34.3 Å². The van der Waals surface area contributed by atoms with Crippen LogP contribution in [0.1, 0.15) is 43.0 Å². The van der Waals surface area contributed by atoms with Crippen molar-refractivity contribution in [1.29, 1.82) is 0 Å². The average Bonchev–Trinajstić information content (AvgIpc) is 3.05. The number of hydrogen-bond acceptors (Lipinski definition) is 7. The first-order valence-corrected chi connectivity index (χ1v) is 11.6. The lowest BCUT2D eigenvalue weighted by atomic mass is 9.94. The molecule has 8 heteroatoms. The highest BCUT2D eigenvalue weighted by Gasteiger charge is 2.46. The number of carbonyl (C=O) groups is 2. The van der Waals surface area contributed by atoms with Gasteiger partial charge in [0.2, 0.25) is 0 Å². The molecule has 0 radical (unpaired) electrons. The van der Waals surface area contributed by atoms with Gasteiger partial charge >= 0.3 is 0 Å². The van der Waals surface area contributed by atoms with Crippen LogP contribution in [0.4, 0.5) is 0 Å². The van der Waals surface area contributed by atoms with Crippen LogP contribution in [0.2, 0.25) is 0 Å². The number of phenols is 1. The molecule has 1 amide bonds. The van der Waals surface area contributed by atoms with E-state index in [2.05, 4.69) is 0 Å². The molecule has 0 aliphatic carbocycles. The van der Waals surface area contributed by atoms with Gasteiger partial charge in [-0.3, -0.25) is 9.59 Å². The lowest BCUT2D eigenvalue weighted by Gasteiger charge is -2.26. The smallest absolute Gasteiger partial charge is 0.295 e. The quantitative estimate of drug-likeness (QED) is 0.318. The fraction of sp³-hybridized carbons (Fsp3) is 0.407. The van der Waals surface area contributed by atoms with E-state index in [1.807, 2.05) is 39.8 Å². The summed E-state index contributed by atoms with van der Waals surface area (Å²) >= 11 is 0. The zero-order valence-electron chi connectivity index (χ0n) is 21.2. The summed E-state index contributed by atoms with van der Waals surface area (Å²) in [6.07, 6.45) is 0.636. The standard InChI is InChI=1S/C27H34N2O6/c1-16(2)35-21-11-9-19(14-17(21)3)25(31)23-24(18-8-10-20(30)22(15-18)34-6)29(27(33)26(23)32)13-7-12-28(4)5/h8-11,14-16,24,30-31H,7,12-13H2,1-6H3/t24-/m0/s1. The second-order valence-corrected chi connectivity index (χ2v) is 9.23. The summed E-state index contributed by atoms with van der Waals surface area (Å²) in [7, 11) is 5.30. The van der Waals surface area contributed by atoms with E-state index in [-0.39, 0.29) is 28.9 Å². The number of amides is 1. The maximum atomic E-state index is 13.2. The van der Waals surface area contributed by atoms with Gasteiger partial charge in [0.05, 0.1) is 24.8 Å². The molecule has 1 atom stereocenters. The number of rotatable bonds is 9. The predicted molar refractivity (Wildman–Crippen MR) is 134 cm³/mol. The molecule has 1 fully saturated rings. The lowest BCUT2D eigenvalue weighted by molar-refractivity contribution is -0.139. The van der Waals surface area contributed by atoms with Crippen LogP contribution in [-0.2, 0) is 9.59 Å². The third-order valence-corrected chi connectivity index (χ3v) is 5.87. The van der Waals surface area contributed by atoms with Crippen LogP contribution < -0.4 is 9.47 Å². The van der Waals surface area contributed by atoms with Gasteiger partial charge in [-0.2, -0.15) is 0 Å². The SMILES string of the molecule is COc1cc([C@H]2C(=C(O)c3ccc(OC(C)C)c(C)c3)C(=O)C(=O)N2CCCN(C)C)ccc1O. The molecule has 1 heterocycles. The number of aromatic hydroxyl groups is 1.